The van der Waals surface area contributed by atoms with Crippen molar-refractivity contribution in [1.82, 2.24) is 14.7 Å². The first kappa shape index (κ1) is 14.5. The highest BCUT2D eigenvalue weighted by atomic mass is 16.5. The molecule has 0 saturated carbocycles. The molecule has 19 heavy (non-hydrogen) atoms. The molecule has 0 radical (unpaired) electrons. The van der Waals surface area contributed by atoms with Gasteiger partial charge in [-0.05, 0) is 26.8 Å². The lowest BCUT2D eigenvalue weighted by Gasteiger charge is -2.43. The zero-order valence-electron chi connectivity index (χ0n) is 12.4. The molecule has 1 aliphatic rings. The second-order valence-corrected chi connectivity index (χ2v) is 5.87. The van der Waals surface area contributed by atoms with Crippen molar-refractivity contribution in [2.24, 2.45) is 7.05 Å². The number of nitrogens with zero attached hydrogens (tertiary/aromatic N) is 3. The van der Waals surface area contributed by atoms with Crippen molar-refractivity contribution in [3.05, 3.63) is 17.5 Å². The van der Waals surface area contributed by atoms with Crippen LogP contribution in [0, 0.1) is 6.92 Å². The number of morpholine rings is 1. The topological polar surface area (TPSA) is 50.5 Å². The van der Waals surface area contributed by atoms with Crippen LogP contribution < -0.4 is 0 Å². The Bertz CT molecular complexity index is 422. The van der Waals surface area contributed by atoms with Crippen molar-refractivity contribution >= 4 is 0 Å². The molecule has 5 heteroatoms. The molecule has 1 atom stereocenters. The monoisotopic (exact) mass is 267 g/mol. The molecule has 1 N–H and O–H groups in total. The van der Waals surface area contributed by atoms with E-state index in [1.807, 2.05) is 24.7 Å². The van der Waals surface area contributed by atoms with Gasteiger partial charge < -0.3 is 9.84 Å². The molecule has 1 unspecified atom stereocenters. The number of hydrogen-bond donors (Lipinski definition) is 1. The lowest BCUT2D eigenvalue weighted by molar-refractivity contribution is -0.0616. The van der Waals surface area contributed by atoms with Crippen LogP contribution in [0.1, 0.15) is 25.2 Å². The minimum atomic E-state index is -0.416. The van der Waals surface area contributed by atoms with E-state index in [9.17, 15) is 5.11 Å². The number of ether oxygens (including phenoxy) is 1. The maximum absolute atomic E-state index is 10.6. The molecule has 0 amide bonds. The average Bonchev–Trinajstić information content (AvgIpc) is 2.69. The summed E-state index contributed by atoms with van der Waals surface area (Å²) in [6.07, 6.45) is 0.210. The Hall–Kier alpha value is -0.910. The van der Waals surface area contributed by atoms with Gasteiger partial charge in [0, 0.05) is 37.8 Å². The van der Waals surface area contributed by atoms with Gasteiger partial charge in [0.15, 0.2) is 0 Å². The Morgan fingerprint density at radius 3 is 2.58 bits per heavy atom. The summed E-state index contributed by atoms with van der Waals surface area (Å²) in [6, 6.07) is 2.04. The number of aromatic nitrogens is 2. The second-order valence-electron chi connectivity index (χ2n) is 5.87. The molecular weight excluding hydrogens is 242 g/mol. The standard InChI is InChI=1S/C14H25N3O2/c1-11-9-12(16(4)15-11)10-13(18)14(2,3)17-5-7-19-8-6-17/h9,13,18H,5-8,10H2,1-4H3. The van der Waals surface area contributed by atoms with Crippen LogP contribution in [0.25, 0.3) is 0 Å². The summed E-state index contributed by atoms with van der Waals surface area (Å²) in [7, 11) is 1.93. The van der Waals surface area contributed by atoms with Crippen molar-refractivity contribution in [2.45, 2.75) is 38.8 Å². The summed E-state index contributed by atoms with van der Waals surface area (Å²) in [4.78, 5) is 2.31. The van der Waals surface area contributed by atoms with Crippen LogP contribution >= 0.6 is 0 Å². The molecule has 1 saturated heterocycles. The lowest BCUT2D eigenvalue weighted by atomic mass is 9.91. The van der Waals surface area contributed by atoms with E-state index >= 15 is 0 Å². The van der Waals surface area contributed by atoms with Gasteiger partial charge in [0.05, 0.1) is 25.0 Å². The van der Waals surface area contributed by atoms with Crippen LogP contribution in [-0.4, -0.2) is 57.7 Å². The molecule has 1 aliphatic heterocycles. The molecule has 1 aromatic heterocycles. The molecule has 1 fully saturated rings. The first-order chi connectivity index (χ1) is 8.91. The van der Waals surface area contributed by atoms with Gasteiger partial charge in [-0.25, -0.2) is 0 Å². The highest BCUT2D eigenvalue weighted by Crippen LogP contribution is 2.23. The maximum Gasteiger partial charge on any atom is 0.0773 e. The summed E-state index contributed by atoms with van der Waals surface area (Å²) in [5.41, 5.74) is 1.82. The van der Waals surface area contributed by atoms with Crippen molar-refractivity contribution in [2.75, 3.05) is 26.3 Å². The zero-order valence-corrected chi connectivity index (χ0v) is 12.4. The quantitative estimate of drug-likeness (QED) is 0.874. The average molecular weight is 267 g/mol. The molecule has 0 spiro atoms. The minimum Gasteiger partial charge on any atom is -0.391 e. The molecule has 108 valence electrons. The Labute approximate surface area is 115 Å². The summed E-state index contributed by atoms with van der Waals surface area (Å²) in [6.45, 7) is 9.45. The third kappa shape index (κ3) is 3.16. The lowest BCUT2D eigenvalue weighted by Crippen LogP contribution is -2.56. The number of rotatable bonds is 4. The van der Waals surface area contributed by atoms with Crippen molar-refractivity contribution in [3.63, 3.8) is 0 Å². The zero-order chi connectivity index (χ0) is 14.0. The number of aliphatic hydroxyl groups excluding tert-OH is 1. The van der Waals surface area contributed by atoms with Gasteiger partial charge in [-0.2, -0.15) is 5.10 Å². The van der Waals surface area contributed by atoms with E-state index < -0.39 is 6.10 Å². The fourth-order valence-corrected chi connectivity index (χ4v) is 2.65. The van der Waals surface area contributed by atoms with Gasteiger partial charge in [-0.15, -0.1) is 0 Å². The summed E-state index contributed by atoms with van der Waals surface area (Å²) in [5.74, 6) is 0. The normalized spacial score (nSPS) is 19.6. The Balaban J connectivity index is 2.05. The molecular formula is C14H25N3O2. The van der Waals surface area contributed by atoms with Gasteiger partial charge in [-0.3, -0.25) is 9.58 Å². The summed E-state index contributed by atoms with van der Waals surface area (Å²) in [5, 5.41) is 14.9. The molecule has 5 nitrogen and oxygen atoms in total. The molecule has 0 aromatic carbocycles. The van der Waals surface area contributed by atoms with Gasteiger partial charge in [0.2, 0.25) is 0 Å². The van der Waals surface area contributed by atoms with Crippen LogP contribution in [0.5, 0.6) is 0 Å². The van der Waals surface area contributed by atoms with Gasteiger partial charge in [-0.1, -0.05) is 0 Å². The van der Waals surface area contributed by atoms with Gasteiger partial charge in [0.25, 0.3) is 0 Å². The van der Waals surface area contributed by atoms with Crippen LogP contribution in [0.2, 0.25) is 0 Å². The van der Waals surface area contributed by atoms with Crippen molar-refractivity contribution in [3.8, 4) is 0 Å². The summed E-state index contributed by atoms with van der Waals surface area (Å²) >= 11 is 0. The van der Waals surface area contributed by atoms with E-state index in [2.05, 4.69) is 23.8 Å². The van der Waals surface area contributed by atoms with Crippen LogP contribution in [0.3, 0.4) is 0 Å². The predicted octanol–water partition coefficient (Wildman–Crippen LogP) is 0.743. The SMILES string of the molecule is Cc1cc(CC(O)C(C)(C)N2CCOCC2)n(C)n1. The third-order valence-corrected chi connectivity index (χ3v) is 4.14. The Morgan fingerprint density at radius 1 is 1.42 bits per heavy atom. The van der Waals surface area contributed by atoms with E-state index in [1.54, 1.807) is 0 Å². The molecule has 0 bridgehead atoms. The van der Waals surface area contributed by atoms with Crippen LogP contribution in [0.4, 0.5) is 0 Å². The van der Waals surface area contributed by atoms with Crippen molar-refractivity contribution < 1.29 is 9.84 Å². The Morgan fingerprint density at radius 2 is 2.05 bits per heavy atom. The fourth-order valence-electron chi connectivity index (χ4n) is 2.65. The number of aryl methyl sites for hydroxylation is 2. The number of aliphatic hydroxyl groups is 1. The number of hydrogen-bond acceptors (Lipinski definition) is 4. The van der Waals surface area contributed by atoms with Crippen LogP contribution in [-0.2, 0) is 18.2 Å². The first-order valence-electron chi connectivity index (χ1n) is 6.91. The summed E-state index contributed by atoms with van der Waals surface area (Å²) < 4.78 is 7.23. The fraction of sp³-hybridized carbons (Fsp3) is 0.786. The highest BCUT2D eigenvalue weighted by Gasteiger charge is 2.35. The van der Waals surface area contributed by atoms with Gasteiger partial charge in [0.1, 0.15) is 0 Å². The third-order valence-electron chi connectivity index (χ3n) is 4.14. The van der Waals surface area contributed by atoms with Gasteiger partial charge >= 0.3 is 0 Å². The molecule has 2 heterocycles. The van der Waals surface area contributed by atoms with Crippen molar-refractivity contribution in [1.29, 1.82) is 0 Å². The maximum atomic E-state index is 10.6. The largest absolute Gasteiger partial charge is 0.391 e. The molecule has 0 aliphatic carbocycles. The van der Waals surface area contributed by atoms with E-state index in [0.717, 1.165) is 37.7 Å². The first-order valence-corrected chi connectivity index (χ1v) is 6.91. The van der Waals surface area contributed by atoms with E-state index in [-0.39, 0.29) is 5.54 Å². The molecule has 2 rings (SSSR count). The van der Waals surface area contributed by atoms with E-state index in [1.165, 1.54) is 0 Å². The minimum absolute atomic E-state index is 0.248. The van der Waals surface area contributed by atoms with E-state index in [4.69, 9.17) is 4.74 Å². The molecule has 1 aromatic rings. The highest BCUT2D eigenvalue weighted by molar-refractivity contribution is 5.11. The second kappa shape index (κ2) is 5.61. The van der Waals surface area contributed by atoms with Crippen LogP contribution in [0.15, 0.2) is 6.07 Å². The Kier molecular flexibility index (Phi) is 4.28. The van der Waals surface area contributed by atoms with E-state index in [0.29, 0.717) is 6.42 Å². The predicted molar refractivity (Wildman–Crippen MR) is 74.1 cm³/mol. The smallest absolute Gasteiger partial charge is 0.0773 e.